The number of aryl methyl sites for hydroxylation is 1. The second-order valence-electron chi connectivity index (χ2n) is 3.34. The minimum Gasteiger partial charge on any atom is -0.399 e. The molecule has 70 valence electrons. The Morgan fingerprint density at radius 1 is 1.14 bits per heavy atom. The molecular formula is C12H12N2. The van der Waals surface area contributed by atoms with Crippen molar-refractivity contribution in [3.8, 4) is 11.3 Å². The summed E-state index contributed by atoms with van der Waals surface area (Å²) in [7, 11) is 0. The van der Waals surface area contributed by atoms with Crippen LogP contribution in [0.2, 0.25) is 0 Å². The van der Waals surface area contributed by atoms with Gasteiger partial charge in [0.25, 0.3) is 0 Å². The summed E-state index contributed by atoms with van der Waals surface area (Å²) in [6, 6.07) is 11.8. The number of hydrogen-bond acceptors (Lipinski definition) is 2. The molecule has 0 spiro atoms. The molecule has 0 aliphatic heterocycles. The second-order valence-corrected chi connectivity index (χ2v) is 3.34. The van der Waals surface area contributed by atoms with Crippen LogP contribution in [0.15, 0.2) is 42.6 Å². The van der Waals surface area contributed by atoms with Crippen LogP contribution in [0.25, 0.3) is 11.3 Å². The number of anilines is 1. The van der Waals surface area contributed by atoms with Crippen molar-refractivity contribution in [2.24, 2.45) is 0 Å². The van der Waals surface area contributed by atoms with Crippen molar-refractivity contribution < 1.29 is 0 Å². The number of benzene rings is 1. The van der Waals surface area contributed by atoms with Gasteiger partial charge in [0.05, 0.1) is 5.69 Å². The van der Waals surface area contributed by atoms with Crippen LogP contribution in [-0.4, -0.2) is 4.98 Å². The molecule has 2 N–H and O–H groups in total. The van der Waals surface area contributed by atoms with E-state index in [9.17, 15) is 0 Å². The molecule has 2 aromatic rings. The quantitative estimate of drug-likeness (QED) is 0.692. The molecule has 0 aliphatic rings. The standard InChI is InChI=1S/C12H12N2/c1-9-5-6-14-12(7-9)10-3-2-4-11(13)8-10/h2-8H,13H2,1H3. The van der Waals surface area contributed by atoms with Gasteiger partial charge in [0.1, 0.15) is 0 Å². The molecule has 2 nitrogen and oxygen atoms in total. The largest absolute Gasteiger partial charge is 0.399 e. The monoisotopic (exact) mass is 184 g/mol. The lowest BCUT2D eigenvalue weighted by Gasteiger charge is -2.02. The van der Waals surface area contributed by atoms with Crippen LogP contribution in [0, 0.1) is 6.92 Å². The van der Waals surface area contributed by atoms with Gasteiger partial charge >= 0.3 is 0 Å². The van der Waals surface area contributed by atoms with E-state index in [-0.39, 0.29) is 0 Å². The third-order valence-electron chi connectivity index (χ3n) is 2.10. The summed E-state index contributed by atoms with van der Waals surface area (Å²) in [5.41, 5.74) is 9.71. The van der Waals surface area contributed by atoms with Gasteiger partial charge in [-0.1, -0.05) is 12.1 Å². The molecule has 0 radical (unpaired) electrons. The number of nitrogens with zero attached hydrogens (tertiary/aromatic N) is 1. The van der Waals surface area contributed by atoms with Crippen molar-refractivity contribution in [3.63, 3.8) is 0 Å². The molecule has 2 heteroatoms. The smallest absolute Gasteiger partial charge is 0.0705 e. The summed E-state index contributed by atoms with van der Waals surface area (Å²) in [6.45, 7) is 2.05. The van der Waals surface area contributed by atoms with Gasteiger partial charge in [0, 0.05) is 17.4 Å². The molecule has 0 atom stereocenters. The number of nitrogens with two attached hydrogens (primary N) is 1. The SMILES string of the molecule is Cc1ccnc(-c2cccc(N)c2)c1. The molecule has 0 saturated heterocycles. The van der Waals surface area contributed by atoms with E-state index in [0.717, 1.165) is 16.9 Å². The summed E-state index contributed by atoms with van der Waals surface area (Å²) in [6.07, 6.45) is 1.81. The Labute approximate surface area is 83.4 Å². The molecule has 0 aliphatic carbocycles. The topological polar surface area (TPSA) is 38.9 Å². The molecule has 0 saturated carbocycles. The minimum atomic E-state index is 0.769. The maximum atomic E-state index is 5.71. The van der Waals surface area contributed by atoms with Crippen molar-refractivity contribution in [1.82, 2.24) is 4.98 Å². The van der Waals surface area contributed by atoms with Crippen molar-refractivity contribution in [1.29, 1.82) is 0 Å². The number of rotatable bonds is 1. The normalized spacial score (nSPS) is 10.1. The second kappa shape index (κ2) is 3.50. The molecule has 0 unspecified atom stereocenters. The van der Waals surface area contributed by atoms with Gasteiger partial charge in [-0.05, 0) is 36.8 Å². The Balaban J connectivity index is 2.49. The molecule has 1 aromatic carbocycles. The Kier molecular flexibility index (Phi) is 2.19. The Hall–Kier alpha value is -1.83. The van der Waals surface area contributed by atoms with E-state index >= 15 is 0 Å². The van der Waals surface area contributed by atoms with E-state index in [0.29, 0.717) is 0 Å². The maximum absolute atomic E-state index is 5.71. The Bertz CT molecular complexity index is 406. The van der Waals surface area contributed by atoms with Crippen molar-refractivity contribution in [2.75, 3.05) is 5.73 Å². The van der Waals surface area contributed by atoms with Gasteiger partial charge in [-0.3, -0.25) is 4.98 Å². The molecule has 1 aromatic heterocycles. The highest BCUT2D eigenvalue weighted by molar-refractivity contribution is 5.64. The first-order valence-electron chi connectivity index (χ1n) is 4.54. The Morgan fingerprint density at radius 2 is 2.00 bits per heavy atom. The number of pyridine rings is 1. The van der Waals surface area contributed by atoms with Crippen molar-refractivity contribution in [3.05, 3.63) is 48.2 Å². The van der Waals surface area contributed by atoms with E-state index < -0.39 is 0 Å². The molecular weight excluding hydrogens is 172 g/mol. The third kappa shape index (κ3) is 1.74. The number of hydrogen-bond donors (Lipinski definition) is 1. The predicted molar refractivity (Wildman–Crippen MR) is 58.8 cm³/mol. The number of nitrogen functional groups attached to an aromatic ring is 1. The fraction of sp³-hybridized carbons (Fsp3) is 0.0833. The first-order valence-corrected chi connectivity index (χ1v) is 4.54. The predicted octanol–water partition coefficient (Wildman–Crippen LogP) is 2.64. The first kappa shape index (κ1) is 8.75. The highest BCUT2D eigenvalue weighted by Gasteiger charge is 1.98. The van der Waals surface area contributed by atoms with Crippen LogP contribution in [-0.2, 0) is 0 Å². The zero-order valence-corrected chi connectivity index (χ0v) is 8.07. The molecule has 14 heavy (non-hydrogen) atoms. The summed E-state index contributed by atoms with van der Waals surface area (Å²) < 4.78 is 0. The zero-order chi connectivity index (χ0) is 9.97. The fourth-order valence-corrected chi connectivity index (χ4v) is 1.39. The summed E-state index contributed by atoms with van der Waals surface area (Å²) in [4.78, 5) is 4.30. The highest BCUT2D eigenvalue weighted by Crippen LogP contribution is 2.19. The maximum Gasteiger partial charge on any atom is 0.0705 e. The molecule has 1 heterocycles. The lowest BCUT2D eigenvalue weighted by atomic mass is 10.1. The van der Waals surface area contributed by atoms with Gasteiger partial charge in [-0.2, -0.15) is 0 Å². The summed E-state index contributed by atoms with van der Waals surface area (Å²) in [5.74, 6) is 0. The third-order valence-corrected chi connectivity index (χ3v) is 2.10. The first-order chi connectivity index (χ1) is 6.75. The van der Waals surface area contributed by atoms with Crippen LogP contribution in [0.5, 0.6) is 0 Å². The minimum absolute atomic E-state index is 0.769. The fourth-order valence-electron chi connectivity index (χ4n) is 1.39. The zero-order valence-electron chi connectivity index (χ0n) is 8.07. The highest BCUT2D eigenvalue weighted by atomic mass is 14.7. The van der Waals surface area contributed by atoms with Gasteiger partial charge < -0.3 is 5.73 Å². The average molecular weight is 184 g/mol. The average Bonchev–Trinajstić information content (AvgIpc) is 2.18. The molecule has 0 bridgehead atoms. The van der Waals surface area contributed by atoms with E-state index in [1.807, 2.05) is 36.5 Å². The molecule has 0 fully saturated rings. The van der Waals surface area contributed by atoms with Crippen molar-refractivity contribution >= 4 is 5.69 Å². The van der Waals surface area contributed by atoms with E-state index in [1.165, 1.54) is 5.56 Å². The van der Waals surface area contributed by atoms with Crippen molar-refractivity contribution in [2.45, 2.75) is 6.92 Å². The van der Waals surface area contributed by atoms with Crippen LogP contribution >= 0.6 is 0 Å². The van der Waals surface area contributed by atoms with Crippen LogP contribution in [0.1, 0.15) is 5.56 Å². The number of aromatic nitrogens is 1. The van der Waals surface area contributed by atoms with E-state index in [4.69, 9.17) is 5.73 Å². The molecule has 0 amide bonds. The van der Waals surface area contributed by atoms with Crippen LogP contribution in [0.3, 0.4) is 0 Å². The lowest BCUT2D eigenvalue weighted by Crippen LogP contribution is -1.87. The molecule has 2 rings (SSSR count). The van der Waals surface area contributed by atoms with Gasteiger partial charge in [0.2, 0.25) is 0 Å². The van der Waals surface area contributed by atoms with Gasteiger partial charge in [-0.15, -0.1) is 0 Å². The van der Waals surface area contributed by atoms with E-state index in [1.54, 1.807) is 0 Å². The van der Waals surface area contributed by atoms with Crippen LogP contribution < -0.4 is 5.73 Å². The lowest BCUT2D eigenvalue weighted by molar-refractivity contribution is 1.29. The Morgan fingerprint density at radius 3 is 2.71 bits per heavy atom. The van der Waals surface area contributed by atoms with Gasteiger partial charge in [-0.25, -0.2) is 0 Å². The summed E-state index contributed by atoms with van der Waals surface area (Å²) >= 11 is 0. The summed E-state index contributed by atoms with van der Waals surface area (Å²) in [5, 5.41) is 0. The van der Waals surface area contributed by atoms with Gasteiger partial charge in [0.15, 0.2) is 0 Å². The van der Waals surface area contributed by atoms with Crippen LogP contribution in [0.4, 0.5) is 5.69 Å². The van der Waals surface area contributed by atoms with E-state index in [2.05, 4.69) is 18.0 Å².